The van der Waals surface area contributed by atoms with Crippen molar-refractivity contribution in [2.24, 2.45) is 11.3 Å². The van der Waals surface area contributed by atoms with E-state index in [-0.39, 0.29) is 28.0 Å². The van der Waals surface area contributed by atoms with Crippen LogP contribution in [0.4, 0.5) is 10.1 Å². The molecule has 0 heterocycles. The van der Waals surface area contributed by atoms with Crippen molar-refractivity contribution in [2.45, 2.75) is 83.6 Å². The van der Waals surface area contributed by atoms with Gasteiger partial charge in [-0.25, -0.2) is 4.39 Å². The number of anilines is 1. The molecule has 43 heavy (non-hydrogen) atoms. The van der Waals surface area contributed by atoms with Crippen LogP contribution in [0.1, 0.15) is 81.5 Å². The van der Waals surface area contributed by atoms with Crippen molar-refractivity contribution in [2.75, 3.05) is 5.32 Å². The molecular formula is C36H42FN3O2S. The Morgan fingerprint density at radius 1 is 1.00 bits per heavy atom. The van der Waals surface area contributed by atoms with Crippen LogP contribution in [0.5, 0.6) is 0 Å². The predicted molar refractivity (Wildman–Crippen MR) is 174 cm³/mol. The van der Waals surface area contributed by atoms with Gasteiger partial charge in [0.2, 0.25) is 11.8 Å². The molecule has 3 N–H and O–H groups in total. The molecule has 226 valence electrons. The standard InChI is InChI=1S/C36H42FN3O2S/c1-23(2)25-15-17-27-26(22-25)16-18-31-35(27,3)19-10-20-36(31,4)33(42)40-34(43)39-30(21-24-11-6-5-7-12-24)32(41)38-29-14-9-8-13-28(29)37/h5-9,11-15,17,22-23,30-31H,10,16,18-21H2,1-4H3,(H,38,41)(H2,39,40,42,43)/t30-,31+,35+,36+/m0/s1. The van der Waals surface area contributed by atoms with Crippen molar-refractivity contribution >= 4 is 34.8 Å². The lowest BCUT2D eigenvalue weighted by Gasteiger charge is -2.54. The summed E-state index contributed by atoms with van der Waals surface area (Å²) in [5.74, 6) is -0.430. The molecule has 2 aliphatic rings. The van der Waals surface area contributed by atoms with Gasteiger partial charge in [-0.3, -0.25) is 9.59 Å². The maximum atomic E-state index is 14.3. The van der Waals surface area contributed by atoms with Crippen LogP contribution in [-0.2, 0) is 27.8 Å². The molecule has 7 heteroatoms. The molecule has 0 spiro atoms. The topological polar surface area (TPSA) is 70.2 Å². The largest absolute Gasteiger partial charge is 0.350 e. The average molecular weight is 600 g/mol. The molecule has 5 rings (SSSR count). The van der Waals surface area contributed by atoms with Crippen LogP contribution in [0.25, 0.3) is 0 Å². The SMILES string of the molecule is CC(C)c1ccc2c(c1)CC[C@H]1[C@](C)(C(=O)NC(=S)N[C@@H](Cc3ccccc3)C(=O)Nc3ccccc3F)CCC[C@]21C. The van der Waals surface area contributed by atoms with Crippen molar-refractivity contribution in [3.63, 3.8) is 0 Å². The molecule has 0 bridgehead atoms. The smallest absolute Gasteiger partial charge is 0.247 e. The van der Waals surface area contributed by atoms with Crippen molar-refractivity contribution in [3.8, 4) is 0 Å². The first-order valence-corrected chi connectivity index (χ1v) is 15.8. The lowest BCUT2D eigenvalue weighted by atomic mass is 9.49. The van der Waals surface area contributed by atoms with Gasteiger partial charge in [-0.1, -0.05) is 94.8 Å². The van der Waals surface area contributed by atoms with E-state index in [2.05, 4.69) is 61.8 Å². The Labute approximate surface area is 260 Å². The van der Waals surface area contributed by atoms with E-state index in [4.69, 9.17) is 12.2 Å². The second kappa shape index (κ2) is 12.6. The molecule has 5 nitrogen and oxygen atoms in total. The second-order valence-electron chi connectivity index (χ2n) is 13.0. The molecule has 2 aliphatic carbocycles. The van der Waals surface area contributed by atoms with E-state index in [1.807, 2.05) is 30.3 Å². The normalized spacial score (nSPS) is 23.4. The molecule has 0 aliphatic heterocycles. The number of hydrogen-bond donors (Lipinski definition) is 3. The fourth-order valence-corrected chi connectivity index (χ4v) is 7.66. The summed E-state index contributed by atoms with van der Waals surface area (Å²) < 4.78 is 14.3. The number of thiocarbonyl (C=S) groups is 1. The van der Waals surface area contributed by atoms with Gasteiger partial charge in [-0.15, -0.1) is 0 Å². The lowest BCUT2D eigenvalue weighted by Crippen LogP contribution is -2.58. The number of halogens is 1. The Balaban J connectivity index is 1.33. The van der Waals surface area contributed by atoms with Gasteiger partial charge < -0.3 is 16.0 Å². The number of amides is 2. The minimum Gasteiger partial charge on any atom is -0.350 e. The number of para-hydroxylation sites is 1. The van der Waals surface area contributed by atoms with Crippen molar-refractivity contribution < 1.29 is 14.0 Å². The quantitative estimate of drug-likeness (QED) is 0.251. The fourth-order valence-electron chi connectivity index (χ4n) is 7.42. The monoisotopic (exact) mass is 599 g/mol. The van der Waals surface area contributed by atoms with Crippen LogP contribution in [0.2, 0.25) is 0 Å². The highest BCUT2D eigenvalue weighted by Gasteiger charge is 2.55. The Morgan fingerprint density at radius 2 is 1.72 bits per heavy atom. The molecule has 0 saturated heterocycles. The lowest BCUT2D eigenvalue weighted by molar-refractivity contribution is -0.137. The zero-order valence-corrected chi connectivity index (χ0v) is 26.3. The molecule has 0 radical (unpaired) electrons. The summed E-state index contributed by atoms with van der Waals surface area (Å²) in [6.07, 6.45) is 4.98. The fraction of sp³-hybridized carbons (Fsp3) is 0.417. The average Bonchev–Trinajstić information content (AvgIpc) is 2.98. The minimum absolute atomic E-state index is 0.0920. The predicted octanol–water partition coefficient (Wildman–Crippen LogP) is 7.20. The summed E-state index contributed by atoms with van der Waals surface area (Å²) in [6, 6.07) is 21.7. The van der Waals surface area contributed by atoms with Crippen LogP contribution in [-0.4, -0.2) is 23.0 Å². The zero-order valence-electron chi connectivity index (χ0n) is 25.5. The first-order valence-electron chi connectivity index (χ1n) is 15.4. The first kappa shape index (κ1) is 30.9. The zero-order chi connectivity index (χ0) is 30.8. The number of rotatable bonds is 7. The number of nitrogens with one attached hydrogen (secondary N) is 3. The Kier molecular flexibility index (Phi) is 9.02. The molecule has 4 atom stereocenters. The second-order valence-corrected chi connectivity index (χ2v) is 13.4. The van der Waals surface area contributed by atoms with Crippen molar-refractivity contribution in [1.82, 2.24) is 10.6 Å². The molecule has 3 aromatic carbocycles. The van der Waals surface area contributed by atoms with Crippen LogP contribution < -0.4 is 16.0 Å². The highest BCUT2D eigenvalue weighted by Crippen LogP contribution is 2.57. The van der Waals surface area contributed by atoms with Crippen molar-refractivity contribution in [1.29, 1.82) is 0 Å². The first-order chi connectivity index (χ1) is 20.5. The third kappa shape index (κ3) is 6.37. The third-order valence-corrected chi connectivity index (χ3v) is 10.0. The maximum absolute atomic E-state index is 14.3. The summed E-state index contributed by atoms with van der Waals surface area (Å²) in [5.41, 5.74) is 4.44. The molecular weight excluding hydrogens is 557 g/mol. The van der Waals surface area contributed by atoms with E-state index in [0.717, 1.165) is 37.7 Å². The molecule has 1 saturated carbocycles. The summed E-state index contributed by atoms with van der Waals surface area (Å²) in [5, 5.41) is 8.81. The van der Waals surface area contributed by atoms with Crippen LogP contribution in [0.15, 0.2) is 72.8 Å². The number of benzene rings is 3. The molecule has 0 unspecified atom stereocenters. The Hall–Kier alpha value is -3.58. The van der Waals surface area contributed by atoms with Gasteiger partial charge in [0.15, 0.2) is 5.11 Å². The van der Waals surface area contributed by atoms with Gasteiger partial charge in [-0.2, -0.15) is 0 Å². The highest BCUT2D eigenvalue weighted by atomic mass is 32.1. The van der Waals surface area contributed by atoms with E-state index in [1.165, 1.54) is 28.8 Å². The van der Waals surface area contributed by atoms with Gasteiger partial charge in [0.1, 0.15) is 11.9 Å². The summed E-state index contributed by atoms with van der Waals surface area (Å²) >= 11 is 5.63. The van der Waals surface area contributed by atoms with E-state index in [0.29, 0.717) is 12.3 Å². The van der Waals surface area contributed by atoms with Gasteiger partial charge >= 0.3 is 0 Å². The molecule has 3 aromatic rings. The van der Waals surface area contributed by atoms with Gasteiger partial charge in [0.05, 0.1) is 11.1 Å². The summed E-state index contributed by atoms with van der Waals surface area (Å²) in [6.45, 7) is 8.85. The van der Waals surface area contributed by atoms with E-state index < -0.39 is 23.2 Å². The number of hydrogen-bond acceptors (Lipinski definition) is 3. The highest BCUT2D eigenvalue weighted by molar-refractivity contribution is 7.80. The minimum atomic E-state index is -0.823. The van der Waals surface area contributed by atoms with Gasteiger partial charge in [-0.05, 0) is 89.5 Å². The van der Waals surface area contributed by atoms with Crippen LogP contribution in [0, 0.1) is 17.2 Å². The van der Waals surface area contributed by atoms with E-state index in [1.54, 1.807) is 12.1 Å². The third-order valence-electron chi connectivity index (χ3n) is 9.83. The van der Waals surface area contributed by atoms with Crippen LogP contribution in [0.3, 0.4) is 0 Å². The molecule has 0 aromatic heterocycles. The van der Waals surface area contributed by atoms with E-state index >= 15 is 0 Å². The van der Waals surface area contributed by atoms with E-state index in [9.17, 15) is 14.0 Å². The summed E-state index contributed by atoms with van der Waals surface area (Å²) in [7, 11) is 0. The van der Waals surface area contributed by atoms with Gasteiger partial charge in [0.25, 0.3) is 0 Å². The molecule has 2 amide bonds. The number of fused-ring (bicyclic) bond motifs is 3. The number of carbonyl (C=O) groups excluding carboxylic acids is 2. The molecule has 1 fully saturated rings. The van der Waals surface area contributed by atoms with Gasteiger partial charge in [0, 0.05) is 6.42 Å². The Bertz CT molecular complexity index is 1510. The number of carbonyl (C=O) groups is 2. The number of aryl methyl sites for hydroxylation is 1. The summed E-state index contributed by atoms with van der Waals surface area (Å²) in [4.78, 5) is 27.4. The van der Waals surface area contributed by atoms with Crippen LogP contribution >= 0.6 is 12.2 Å². The maximum Gasteiger partial charge on any atom is 0.247 e. The van der Waals surface area contributed by atoms with Crippen molar-refractivity contribution in [3.05, 3.63) is 101 Å². The Morgan fingerprint density at radius 3 is 2.44 bits per heavy atom.